The van der Waals surface area contributed by atoms with Crippen molar-refractivity contribution >= 4 is 50.7 Å². The van der Waals surface area contributed by atoms with Gasteiger partial charge >= 0.3 is 0 Å². The fourth-order valence-electron chi connectivity index (χ4n) is 3.09. The molecule has 7 heteroatoms. The number of benzene rings is 2. The largest absolute Gasteiger partial charge is 0.323 e. The summed E-state index contributed by atoms with van der Waals surface area (Å²) in [6, 6.07) is 10.1. The molecular weight excluding hydrogens is 442 g/mol. The van der Waals surface area contributed by atoms with Crippen LogP contribution in [-0.2, 0) is 11.3 Å². The smallest absolute Gasteiger partial charge is 0.227 e. The molecule has 1 aliphatic rings. The van der Waals surface area contributed by atoms with Crippen LogP contribution in [0.5, 0.6) is 0 Å². The average molecular weight is 460 g/mol. The Morgan fingerprint density at radius 3 is 2.46 bits per heavy atom. The van der Waals surface area contributed by atoms with Crippen molar-refractivity contribution in [2.75, 3.05) is 18.4 Å². The summed E-state index contributed by atoms with van der Waals surface area (Å²) in [4.78, 5) is 14.7. The van der Waals surface area contributed by atoms with Gasteiger partial charge in [0.2, 0.25) is 5.91 Å². The monoisotopic (exact) mass is 458 g/mol. The highest BCUT2D eigenvalue weighted by molar-refractivity contribution is 9.10. The molecule has 3 nitrogen and oxygen atoms in total. The number of hydrogen-bond donors (Lipinski definition) is 1. The van der Waals surface area contributed by atoms with E-state index in [2.05, 4.69) is 26.1 Å². The van der Waals surface area contributed by atoms with Gasteiger partial charge in [0.25, 0.3) is 0 Å². The molecule has 1 fully saturated rings. The zero-order valence-electron chi connectivity index (χ0n) is 13.9. The molecule has 2 aromatic rings. The quantitative estimate of drug-likeness (QED) is 0.631. The van der Waals surface area contributed by atoms with E-state index in [4.69, 9.17) is 23.2 Å². The van der Waals surface area contributed by atoms with E-state index in [0.717, 1.165) is 18.7 Å². The molecule has 1 heterocycles. The lowest BCUT2D eigenvalue weighted by atomic mass is 9.95. The highest BCUT2D eigenvalue weighted by Crippen LogP contribution is 2.28. The maximum absolute atomic E-state index is 13.9. The van der Waals surface area contributed by atoms with E-state index in [1.165, 1.54) is 6.07 Å². The molecule has 0 bridgehead atoms. The van der Waals surface area contributed by atoms with Crippen LogP contribution < -0.4 is 5.32 Å². The number of rotatable bonds is 4. The van der Waals surface area contributed by atoms with Gasteiger partial charge in [0, 0.05) is 32.5 Å². The molecule has 0 unspecified atom stereocenters. The van der Waals surface area contributed by atoms with Gasteiger partial charge in [0.15, 0.2) is 0 Å². The van der Waals surface area contributed by atoms with Gasteiger partial charge in [-0.3, -0.25) is 9.69 Å². The molecule has 138 valence electrons. The molecule has 1 aliphatic heterocycles. The van der Waals surface area contributed by atoms with E-state index in [9.17, 15) is 9.18 Å². The maximum Gasteiger partial charge on any atom is 0.227 e. The van der Waals surface area contributed by atoms with Crippen molar-refractivity contribution in [1.82, 2.24) is 4.90 Å². The van der Waals surface area contributed by atoms with Crippen LogP contribution in [0.4, 0.5) is 10.1 Å². The van der Waals surface area contributed by atoms with E-state index in [-0.39, 0.29) is 17.5 Å². The number of amides is 1. The van der Waals surface area contributed by atoms with Gasteiger partial charge < -0.3 is 5.32 Å². The lowest BCUT2D eigenvalue weighted by Gasteiger charge is -2.31. The molecule has 0 spiro atoms. The Balaban J connectivity index is 1.55. The van der Waals surface area contributed by atoms with Crippen LogP contribution in [0.1, 0.15) is 18.4 Å². The highest BCUT2D eigenvalue weighted by Gasteiger charge is 2.26. The van der Waals surface area contributed by atoms with Crippen molar-refractivity contribution in [2.45, 2.75) is 19.4 Å². The first kappa shape index (κ1) is 19.6. The van der Waals surface area contributed by atoms with Crippen LogP contribution in [0.2, 0.25) is 10.0 Å². The fraction of sp³-hybridized carbons (Fsp3) is 0.316. The van der Waals surface area contributed by atoms with Crippen LogP contribution in [0, 0.1) is 11.7 Å². The number of likely N-dealkylation sites (tertiary alicyclic amines) is 1. The second-order valence-corrected chi connectivity index (χ2v) is 8.09. The molecule has 0 radical (unpaired) electrons. The third-order valence-corrected chi connectivity index (χ3v) is 5.79. The Morgan fingerprint density at radius 1 is 1.19 bits per heavy atom. The van der Waals surface area contributed by atoms with Crippen molar-refractivity contribution in [1.29, 1.82) is 0 Å². The van der Waals surface area contributed by atoms with Gasteiger partial charge in [0.05, 0.1) is 5.69 Å². The number of nitrogens with one attached hydrogen (secondary N) is 1. The summed E-state index contributed by atoms with van der Waals surface area (Å²) in [7, 11) is 0. The van der Waals surface area contributed by atoms with E-state index >= 15 is 0 Å². The van der Waals surface area contributed by atoms with Gasteiger partial charge in [-0.1, -0.05) is 45.2 Å². The first-order valence-electron chi connectivity index (χ1n) is 8.35. The summed E-state index contributed by atoms with van der Waals surface area (Å²) < 4.78 is 14.5. The number of carbonyl (C=O) groups is 1. The molecule has 0 aliphatic carbocycles. The Morgan fingerprint density at radius 2 is 1.85 bits per heavy atom. The molecule has 1 saturated heterocycles. The van der Waals surface area contributed by atoms with E-state index in [1.807, 2.05) is 18.2 Å². The molecule has 0 atom stereocenters. The van der Waals surface area contributed by atoms with Gasteiger partial charge in [-0.2, -0.15) is 0 Å². The topological polar surface area (TPSA) is 32.3 Å². The van der Waals surface area contributed by atoms with Crippen LogP contribution >= 0.6 is 39.1 Å². The SMILES string of the molecule is O=C(Nc1ccc(Br)cc1F)C1CCN(Cc2c(Cl)cccc2Cl)CC1. The Kier molecular flexibility index (Phi) is 6.56. The molecule has 3 rings (SSSR count). The Bertz CT molecular complexity index is 790. The summed E-state index contributed by atoms with van der Waals surface area (Å²) in [6.45, 7) is 2.19. The summed E-state index contributed by atoms with van der Waals surface area (Å²) in [5, 5.41) is 4.01. The number of halogens is 4. The van der Waals surface area contributed by atoms with Crippen LogP contribution in [0.25, 0.3) is 0 Å². The Hall–Kier alpha value is -1.14. The summed E-state index contributed by atoms with van der Waals surface area (Å²) in [6.07, 6.45) is 1.43. The predicted octanol–water partition coefficient (Wildman–Crippen LogP) is 5.75. The molecule has 0 saturated carbocycles. The summed E-state index contributed by atoms with van der Waals surface area (Å²) in [5.74, 6) is -0.712. The van der Waals surface area contributed by atoms with Crippen molar-refractivity contribution in [3.63, 3.8) is 0 Å². The van der Waals surface area contributed by atoms with Crippen molar-refractivity contribution in [3.8, 4) is 0 Å². The minimum atomic E-state index is -0.446. The zero-order valence-corrected chi connectivity index (χ0v) is 17.0. The number of anilines is 1. The maximum atomic E-state index is 13.9. The second-order valence-electron chi connectivity index (χ2n) is 6.36. The first-order valence-corrected chi connectivity index (χ1v) is 9.90. The molecule has 2 aromatic carbocycles. The van der Waals surface area contributed by atoms with E-state index in [1.54, 1.807) is 12.1 Å². The summed E-state index contributed by atoms with van der Waals surface area (Å²) in [5.41, 5.74) is 1.12. The normalized spacial score (nSPS) is 15.8. The number of nitrogens with zero attached hydrogens (tertiary/aromatic N) is 1. The van der Waals surface area contributed by atoms with Gasteiger partial charge in [-0.15, -0.1) is 0 Å². The lowest BCUT2D eigenvalue weighted by molar-refractivity contribution is -0.121. The van der Waals surface area contributed by atoms with Gasteiger partial charge in [0.1, 0.15) is 5.82 Å². The first-order chi connectivity index (χ1) is 12.4. The minimum Gasteiger partial charge on any atom is -0.323 e. The van der Waals surface area contributed by atoms with Gasteiger partial charge in [-0.05, 0) is 56.3 Å². The van der Waals surface area contributed by atoms with Crippen LogP contribution in [-0.4, -0.2) is 23.9 Å². The molecule has 0 aromatic heterocycles. The fourth-order valence-corrected chi connectivity index (χ4v) is 3.94. The standard InChI is InChI=1S/C19H18BrCl2FN2O/c20-13-4-5-18(17(23)10-13)24-19(26)12-6-8-25(9-7-12)11-14-15(21)2-1-3-16(14)22/h1-5,10,12H,6-9,11H2,(H,24,26). The minimum absolute atomic E-state index is 0.129. The second kappa shape index (κ2) is 8.70. The van der Waals surface area contributed by atoms with Gasteiger partial charge in [-0.25, -0.2) is 4.39 Å². The number of hydrogen-bond acceptors (Lipinski definition) is 2. The Labute approximate surface area is 170 Å². The van der Waals surface area contributed by atoms with E-state index in [0.29, 0.717) is 33.9 Å². The van der Waals surface area contributed by atoms with Crippen molar-refractivity contribution < 1.29 is 9.18 Å². The third kappa shape index (κ3) is 4.77. The molecular formula is C19H18BrCl2FN2O. The van der Waals surface area contributed by atoms with E-state index < -0.39 is 5.82 Å². The average Bonchev–Trinajstić information content (AvgIpc) is 2.61. The molecule has 26 heavy (non-hydrogen) atoms. The molecule has 1 amide bonds. The number of carbonyl (C=O) groups excluding carboxylic acids is 1. The predicted molar refractivity (Wildman–Crippen MR) is 107 cm³/mol. The third-order valence-electron chi connectivity index (χ3n) is 4.59. The summed E-state index contributed by atoms with van der Waals surface area (Å²) >= 11 is 15.7. The van der Waals surface area contributed by atoms with Crippen LogP contribution in [0.15, 0.2) is 40.9 Å². The number of piperidine rings is 1. The zero-order chi connectivity index (χ0) is 18.7. The van der Waals surface area contributed by atoms with Crippen molar-refractivity contribution in [3.05, 3.63) is 62.3 Å². The molecule has 1 N–H and O–H groups in total. The van der Waals surface area contributed by atoms with Crippen LogP contribution in [0.3, 0.4) is 0 Å². The van der Waals surface area contributed by atoms with Crippen molar-refractivity contribution in [2.24, 2.45) is 5.92 Å². The highest BCUT2D eigenvalue weighted by atomic mass is 79.9. The lowest BCUT2D eigenvalue weighted by Crippen LogP contribution is -2.38.